The number of hydrogen-bond donors (Lipinski definition) is 2. The average molecular weight is 336 g/mol. The van der Waals surface area contributed by atoms with Crippen LogP contribution in [0.25, 0.3) is 0 Å². The van der Waals surface area contributed by atoms with E-state index in [9.17, 15) is 13.6 Å². The second-order valence-electron chi connectivity index (χ2n) is 5.78. The van der Waals surface area contributed by atoms with E-state index in [4.69, 9.17) is 0 Å². The van der Waals surface area contributed by atoms with E-state index in [2.05, 4.69) is 20.5 Å². The number of aromatic nitrogens is 2. The molecule has 6 nitrogen and oxygen atoms in total. The number of benzene rings is 1. The number of amides is 1. The number of methoxy groups -OCH3 is 1. The minimum Gasteiger partial charge on any atom is -0.491 e. The fourth-order valence-electron chi connectivity index (χ4n) is 3.00. The summed E-state index contributed by atoms with van der Waals surface area (Å²) in [6.07, 6.45) is 3.59. The molecule has 2 heterocycles. The summed E-state index contributed by atoms with van der Waals surface area (Å²) < 4.78 is 33.8. The lowest BCUT2D eigenvalue weighted by Crippen LogP contribution is -2.28. The maximum atomic E-state index is 13.7. The van der Waals surface area contributed by atoms with Crippen molar-refractivity contribution in [2.24, 2.45) is 13.0 Å². The highest BCUT2D eigenvalue weighted by atomic mass is 19.1. The number of aryl methyl sites for hydroxylation is 1. The van der Waals surface area contributed by atoms with E-state index in [1.807, 2.05) is 13.2 Å². The van der Waals surface area contributed by atoms with Gasteiger partial charge in [0.15, 0.2) is 17.4 Å². The molecule has 1 fully saturated rings. The first kappa shape index (κ1) is 16.4. The van der Waals surface area contributed by atoms with Crippen molar-refractivity contribution in [1.82, 2.24) is 15.1 Å². The lowest BCUT2D eigenvalue weighted by atomic mass is 9.90. The van der Waals surface area contributed by atoms with Crippen LogP contribution in [-0.4, -0.2) is 35.9 Å². The summed E-state index contributed by atoms with van der Waals surface area (Å²) >= 11 is 0. The standard InChI is InChI=1S/C16H18F2N4O2/c1-22-8-9(5-20-22)11-6-19-7-12(11)16(23)21-10-3-13(17)15(24-2)14(18)4-10/h3-5,8,11-12,19H,6-7H2,1-2H3,(H,21,23)/t11-,12+/m1/s1. The first-order chi connectivity index (χ1) is 11.5. The van der Waals surface area contributed by atoms with Gasteiger partial charge in [0.25, 0.3) is 0 Å². The van der Waals surface area contributed by atoms with Gasteiger partial charge in [0.05, 0.1) is 19.2 Å². The highest BCUT2D eigenvalue weighted by Gasteiger charge is 2.34. The van der Waals surface area contributed by atoms with Crippen LogP contribution in [0.1, 0.15) is 11.5 Å². The van der Waals surface area contributed by atoms with Crippen LogP contribution >= 0.6 is 0 Å². The van der Waals surface area contributed by atoms with E-state index in [-0.39, 0.29) is 23.4 Å². The molecule has 3 rings (SSSR count). The SMILES string of the molecule is COc1c(F)cc(NC(=O)[C@H]2CNC[C@@H]2c2cnn(C)c2)cc1F. The minimum atomic E-state index is -0.860. The molecule has 2 atom stereocenters. The summed E-state index contributed by atoms with van der Waals surface area (Å²) in [4.78, 5) is 12.5. The Balaban J connectivity index is 1.77. The molecule has 0 unspecified atom stereocenters. The first-order valence-electron chi connectivity index (χ1n) is 7.52. The molecule has 0 aliphatic carbocycles. The second-order valence-corrected chi connectivity index (χ2v) is 5.78. The number of anilines is 1. The molecule has 1 aromatic carbocycles. The number of hydrogen-bond acceptors (Lipinski definition) is 4. The monoisotopic (exact) mass is 336 g/mol. The maximum Gasteiger partial charge on any atom is 0.229 e. The molecule has 0 radical (unpaired) electrons. The third-order valence-electron chi connectivity index (χ3n) is 4.17. The summed E-state index contributed by atoms with van der Waals surface area (Å²) in [5, 5.41) is 9.88. The van der Waals surface area contributed by atoms with E-state index in [1.54, 1.807) is 10.9 Å². The Labute approximate surface area is 137 Å². The molecule has 1 aliphatic heterocycles. The Bertz CT molecular complexity index is 739. The van der Waals surface area contributed by atoms with Gasteiger partial charge in [-0.1, -0.05) is 0 Å². The molecule has 1 saturated heterocycles. The Morgan fingerprint density at radius 1 is 1.38 bits per heavy atom. The van der Waals surface area contributed by atoms with Crippen LogP contribution in [0.5, 0.6) is 5.75 Å². The average Bonchev–Trinajstić information content (AvgIpc) is 3.15. The molecule has 8 heteroatoms. The topological polar surface area (TPSA) is 68.2 Å². The Hall–Kier alpha value is -2.48. The van der Waals surface area contributed by atoms with Crippen LogP contribution in [0.3, 0.4) is 0 Å². The Morgan fingerprint density at radius 3 is 2.67 bits per heavy atom. The summed E-state index contributed by atoms with van der Waals surface area (Å²) in [6, 6.07) is 2.09. The third kappa shape index (κ3) is 3.09. The van der Waals surface area contributed by atoms with Gasteiger partial charge in [0.2, 0.25) is 5.91 Å². The zero-order valence-electron chi connectivity index (χ0n) is 13.3. The quantitative estimate of drug-likeness (QED) is 0.891. The summed E-state index contributed by atoms with van der Waals surface area (Å²) in [5.41, 5.74) is 1.02. The van der Waals surface area contributed by atoms with Crippen molar-refractivity contribution in [3.8, 4) is 5.75 Å². The van der Waals surface area contributed by atoms with Crippen LogP contribution in [0, 0.1) is 17.6 Å². The van der Waals surface area contributed by atoms with E-state index in [0.29, 0.717) is 13.1 Å². The van der Waals surface area contributed by atoms with Crippen molar-refractivity contribution < 1.29 is 18.3 Å². The van der Waals surface area contributed by atoms with Crippen LogP contribution in [-0.2, 0) is 11.8 Å². The molecule has 128 valence electrons. The summed E-state index contributed by atoms with van der Waals surface area (Å²) in [5.74, 6) is -2.86. The first-order valence-corrected chi connectivity index (χ1v) is 7.52. The number of carbonyl (C=O) groups excluding carboxylic acids is 1. The molecule has 1 amide bonds. The third-order valence-corrected chi connectivity index (χ3v) is 4.17. The van der Waals surface area contributed by atoms with Gasteiger partial charge in [-0.25, -0.2) is 8.78 Å². The van der Waals surface area contributed by atoms with Crippen LogP contribution in [0.4, 0.5) is 14.5 Å². The van der Waals surface area contributed by atoms with Gasteiger partial charge < -0.3 is 15.4 Å². The normalized spacial score (nSPS) is 20.2. The van der Waals surface area contributed by atoms with E-state index < -0.39 is 17.4 Å². The molecular formula is C16H18F2N4O2. The summed E-state index contributed by atoms with van der Waals surface area (Å²) in [6.45, 7) is 1.14. The molecule has 24 heavy (non-hydrogen) atoms. The van der Waals surface area contributed by atoms with E-state index in [0.717, 1.165) is 17.7 Å². The van der Waals surface area contributed by atoms with Gasteiger partial charge in [-0.15, -0.1) is 0 Å². The number of halogens is 2. The molecule has 0 saturated carbocycles. The lowest BCUT2D eigenvalue weighted by molar-refractivity contribution is -0.119. The van der Waals surface area contributed by atoms with Gasteiger partial charge >= 0.3 is 0 Å². The molecule has 0 bridgehead atoms. The smallest absolute Gasteiger partial charge is 0.229 e. The van der Waals surface area contributed by atoms with Crippen molar-refractivity contribution in [2.45, 2.75) is 5.92 Å². The van der Waals surface area contributed by atoms with Gasteiger partial charge in [-0.3, -0.25) is 9.48 Å². The number of carbonyl (C=O) groups is 1. The van der Waals surface area contributed by atoms with Crippen molar-refractivity contribution in [2.75, 3.05) is 25.5 Å². The highest BCUT2D eigenvalue weighted by molar-refractivity contribution is 5.93. The second kappa shape index (κ2) is 6.56. The van der Waals surface area contributed by atoms with Crippen LogP contribution < -0.4 is 15.4 Å². The summed E-state index contributed by atoms with van der Waals surface area (Å²) in [7, 11) is 2.99. The van der Waals surface area contributed by atoms with Crippen LogP contribution in [0.2, 0.25) is 0 Å². The highest BCUT2D eigenvalue weighted by Crippen LogP contribution is 2.30. The van der Waals surface area contributed by atoms with Crippen molar-refractivity contribution in [3.63, 3.8) is 0 Å². The predicted molar refractivity (Wildman–Crippen MR) is 83.8 cm³/mol. The van der Waals surface area contributed by atoms with E-state index in [1.165, 1.54) is 7.11 Å². The number of nitrogens with zero attached hydrogens (tertiary/aromatic N) is 2. The predicted octanol–water partition coefficient (Wildman–Crippen LogP) is 1.65. The molecular weight excluding hydrogens is 318 g/mol. The van der Waals surface area contributed by atoms with Gasteiger partial charge in [-0.2, -0.15) is 5.10 Å². The number of rotatable bonds is 4. The molecule has 1 aliphatic rings. The molecule has 2 aromatic rings. The van der Waals surface area contributed by atoms with Gasteiger partial charge in [-0.05, 0) is 5.56 Å². The van der Waals surface area contributed by atoms with Crippen LogP contribution in [0.15, 0.2) is 24.5 Å². The molecule has 1 aromatic heterocycles. The molecule has 0 spiro atoms. The zero-order chi connectivity index (χ0) is 17.3. The van der Waals surface area contributed by atoms with Crippen molar-refractivity contribution in [3.05, 3.63) is 41.7 Å². The van der Waals surface area contributed by atoms with Gasteiger partial charge in [0, 0.05) is 50.1 Å². The van der Waals surface area contributed by atoms with Crippen molar-refractivity contribution in [1.29, 1.82) is 0 Å². The zero-order valence-corrected chi connectivity index (χ0v) is 13.3. The fourth-order valence-corrected chi connectivity index (χ4v) is 3.00. The minimum absolute atomic E-state index is 0.0355. The number of nitrogens with one attached hydrogen (secondary N) is 2. The number of ether oxygens (including phenoxy) is 1. The largest absolute Gasteiger partial charge is 0.491 e. The van der Waals surface area contributed by atoms with Gasteiger partial charge in [0.1, 0.15) is 0 Å². The Kier molecular flexibility index (Phi) is 4.48. The van der Waals surface area contributed by atoms with Crippen molar-refractivity contribution >= 4 is 11.6 Å². The van der Waals surface area contributed by atoms with E-state index >= 15 is 0 Å². The molecule has 2 N–H and O–H groups in total. The lowest BCUT2D eigenvalue weighted by Gasteiger charge is -2.17. The fraction of sp³-hybridized carbons (Fsp3) is 0.375. The Morgan fingerprint density at radius 2 is 2.08 bits per heavy atom. The maximum absolute atomic E-state index is 13.7.